The fourth-order valence-electron chi connectivity index (χ4n) is 3.02. The molecular weight excluding hydrogens is 407 g/mol. The largest absolute Gasteiger partial charge is 0.341 e. The van der Waals surface area contributed by atoms with E-state index in [0.717, 1.165) is 9.87 Å². The highest BCUT2D eigenvalue weighted by Crippen LogP contribution is 2.21. The number of imidazole rings is 1. The minimum atomic E-state index is -3.83. The molecule has 3 rings (SSSR count). The van der Waals surface area contributed by atoms with Gasteiger partial charge in [0.2, 0.25) is 15.9 Å². The normalized spacial score (nSPS) is 12.7. The lowest BCUT2D eigenvalue weighted by Crippen LogP contribution is -2.40. The van der Waals surface area contributed by atoms with Crippen LogP contribution in [0.15, 0.2) is 65.8 Å². The summed E-state index contributed by atoms with van der Waals surface area (Å²) < 4.78 is 41.9. The van der Waals surface area contributed by atoms with Crippen LogP contribution in [-0.2, 0) is 21.9 Å². The third-order valence-corrected chi connectivity index (χ3v) is 6.52. The topological polar surface area (TPSA) is 84.3 Å². The summed E-state index contributed by atoms with van der Waals surface area (Å²) >= 11 is 0. The number of aromatic nitrogens is 2. The fourth-order valence-corrected chi connectivity index (χ4v) is 4.15. The maximum atomic E-state index is 13.8. The first-order chi connectivity index (χ1) is 14.2. The van der Waals surface area contributed by atoms with E-state index in [0.29, 0.717) is 11.4 Å². The van der Waals surface area contributed by atoms with Crippen molar-refractivity contribution in [3.63, 3.8) is 0 Å². The minimum Gasteiger partial charge on any atom is -0.341 e. The molecule has 7 nitrogen and oxygen atoms in total. The van der Waals surface area contributed by atoms with Gasteiger partial charge in [-0.05, 0) is 36.8 Å². The Hall–Kier alpha value is -3.04. The van der Waals surface area contributed by atoms with E-state index in [9.17, 15) is 17.6 Å². The molecule has 0 spiro atoms. The van der Waals surface area contributed by atoms with E-state index in [1.54, 1.807) is 48.3 Å². The van der Waals surface area contributed by atoms with Crippen LogP contribution in [0.1, 0.15) is 23.0 Å². The highest BCUT2D eigenvalue weighted by Gasteiger charge is 2.26. The highest BCUT2D eigenvalue weighted by molar-refractivity contribution is 7.89. The number of aryl methyl sites for hydroxylation is 2. The van der Waals surface area contributed by atoms with Crippen LogP contribution in [-0.4, -0.2) is 41.8 Å². The summed E-state index contributed by atoms with van der Waals surface area (Å²) in [5, 5.41) is 2.77. The third-order valence-electron chi connectivity index (χ3n) is 4.70. The number of nitrogens with one attached hydrogen (secondary N) is 1. The number of rotatable bonds is 7. The van der Waals surface area contributed by atoms with Gasteiger partial charge in [0.1, 0.15) is 17.7 Å². The molecule has 1 atom stereocenters. The molecule has 1 N–H and O–H groups in total. The molecule has 3 aromatic rings. The number of likely N-dealkylation sites (N-methyl/N-ethyl adjacent to an activating group) is 1. The first kappa shape index (κ1) is 21.7. The van der Waals surface area contributed by atoms with Gasteiger partial charge in [-0.25, -0.2) is 17.8 Å². The second kappa shape index (κ2) is 8.76. The zero-order chi connectivity index (χ0) is 21.9. The van der Waals surface area contributed by atoms with Gasteiger partial charge in [0.25, 0.3) is 0 Å². The monoisotopic (exact) mass is 430 g/mol. The van der Waals surface area contributed by atoms with Crippen LogP contribution in [0, 0.1) is 12.7 Å². The van der Waals surface area contributed by atoms with E-state index in [2.05, 4.69) is 10.3 Å². The quantitative estimate of drug-likeness (QED) is 0.624. The van der Waals surface area contributed by atoms with Crippen LogP contribution in [0.2, 0.25) is 0 Å². The van der Waals surface area contributed by atoms with Crippen LogP contribution < -0.4 is 5.32 Å². The van der Waals surface area contributed by atoms with E-state index >= 15 is 0 Å². The van der Waals surface area contributed by atoms with E-state index in [1.165, 1.54) is 31.3 Å². The molecule has 0 bridgehead atoms. The van der Waals surface area contributed by atoms with Gasteiger partial charge >= 0.3 is 0 Å². The summed E-state index contributed by atoms with van der Waals surface area (Å²) in [7, 11) is -0.730. The molecule has 9 heteroatoms. The highest BCUT2D eigenvalue weighted by atomic mass is 32.2. The summed E-state index contributed by atoms with van der Waals surface area (Å²) in [6.07, 6.45) is 3.28. The lowest BCUT2D eigenvalue weighted by atomic mass is 10.1. The number of carbonyl (C=O) groups excluding carboxylic acids is 1. The van der Waals surface area contributed by atoms with Crippen molar-refractivity contribution in [2.45, 2.75) is 17.9 Å². The Morgan fingerprint density at radius 2 is 1.93 bits per heavy atom. The minimum absolute atomic E-state index is 0.106. The third kappa shape index (κ3) is 4.74. The van der Waals surface area contributed by atoms with Crippen molar-refractivity contribution in [2.75, 3.05) is 13.6 Å². The lowest BCUT2D eigenvalue weighted by molar-refractivity contribution is -0.121. The number of sulfonamides is 1. The summed E-state index contributed by atoms with van der Waals surface area (Å²) in [6, 6.07) is 11.5. The van der Waals surface area contributed by atoms with Gasteiger partial charge in [0.05, 0.1) is 11.4 Å². The van der Waals surface area contributed by atoms with E-state index in [-0.39, 0.29) is 4.90 Å². The first-order valence-electron chi connectivity index (χ1n) is 9.23. The fraction of sp³-hybridized carbons (Fsp3) is 0.238. The van der Waals surface area contributed by atoms with Crippen molar-refractivity contribution in [1.82, 2.24) is 19.2 Å². The van der Waals surface area contributed by atoms with Crippen molar-refractivity contribution in [3.05, 3.63) is 83.7 Å². The number of halogens is 1. The van der Waals surface area contributed by atoms with E-state index in [4.69, 9.17) is 0 Å². The average Bonchev–Trinajstić information content (AvgIpc) is 3.12. The Bertz CT molecular complexity index is 1140. The molecule has 1 unspecified atom stereocenters. The first-order valence-corrected chi connectivity index (χ1v) is 10.7. The summed E-state index contributed by atoms with van der Waals surface area (Å²) in [4.78, 5) is 17.1. The molecule has 0 saturated carbocycles. The Kier molecular flexibility index (Phi) is 6.33. The van der Waals surface area contributed by atoms with Gasteiger partial charge in [-0.3, -0.25) is 4.79 Å². The SMILES string of the molecule is Cc1ccc(S(=O)(=O)N(C)CC(=O)NC(c2cccc(F)c2)c2nccn2C)cc1. The van der Waals surface area contributed by atoms with E-state index in [1.807, 2.05) is 6.92 Å². The maximum Gasteiger partial charge on any atom is 0.243 e. The van der Waals surface area contributed by atoms with Gasteiger partial charge in [-0.1, -0.05) is 29.8 Å². The van der Waals surface area contributed by atoms with Crippen LogP contribution in [0.5, 0.6) is 0 Å². The Morgan fingerprint density at radius 3 is 2.53 bits per heavy atom. The lowest BCUT2D eigenvalue weighted by Gasteiger charge is -2.22. The standard InChI is InChI=1S/C21H23FN4O3S/c1-15-7-9-18(10-8-15)30(28,29)26(3)14-19(27)24-20(21-23-11-12-25(21)2)16-5-4-6-17(22)13-16/h4-13,20H,14H2,1-3H3,(H,24,27). The smallest absolute Gasteiger partial charge is 0.243 e. The predicted octanol–water partition coefficient (Wildman–Crippen LogP) is 2.39. The second-order valence-corrected chi connectivity index (χ2v) is 9.07. The number of hydrogen-bond acceptors (Lipinski definition) is 4. The van der Waals surface area contributed by atoms with Crippen molar-refractivity contribution >= 4 is 15.9 Å². The molecule has 0 fully saturated rings. The van der Waals surface area contributed by atoms with Crippen LogP contribution in [0.3, 0.4) is 0 Å². The summed E-state index contributed by atoms with van der Waals surface area (Å²) in [5.74, 6) is -0.483. The molecule has 30 heavy (non-hydrogen) atoms. The predicted molar refractivity (Wildman–Crippen MR) is 111 cm³/mol. The van der Waals surface area contributed by atoms with Gasteiger partial charge < -0.3 is 9.88 Å². The van der Waals surface area contributed by atoms with Crippen molar-refractivity contribution in [2.24, 2.45) is 7.05 Å². The number of carbonyl (C=O) groups is 1. The zero-order valence-corrected chi connectivity index (χ0v) is 17.7. The number of benzene rings is 2. The van der Waals surface area contributed by atoms with Crippen LogP contribution >= 0.6 is 0 Å². The van der Waals surface area contributed by atoms with Crippen molar-refractivity contribution < 1.29 is 17.6 Å². The zero-order valence-electron chi connectivity index (χ0n) is 16.9. The molecule has 1 amide bonds. The molecule has 0 aliphatic rings. The summed E-state index contributed by atoms with van der Waals surface area (Å²) in [6.45, 7) is 1.46. The average molecular weight is 431 g/mol. The van der Waals surface area contributed by atoms with Gasteiger partial charge in [-0.2, -0.15) is 4.31 Å². The number of nitrogens with zero attached hydrogens (tertiary/aromatic N) is 3. The van der Waals surface area contributed by atoms with Gasteiger partial charge in [0.15, 0.2) is 0 Å². The molecule has 0 radical (unpaired) electrons. The van der Waals surface area contributed by atoms with Crippen LogP contribution in [0.25, 0.3) is 0 Å². The van der Waals surface area contributed by atoms with Crippen LogP contribution in [0.4, 0.5) is 4.39 Å². The van der Waals surface area contributed by atoms with Crippen molar-refractivity contribution in [3.8, 4) is 0 Å². The molecular formula is C21H23FN4O3S. The Labute approximate surface area is 175 Å². The molecule has 1 heterocycles. The number of hydrogen-bond donors (Lipinski definition) is 1. The molecule has 0 aliphatic heterocycles. The Morgan fingerprint density at radius 1 is 1.23 bits per heavy atom. The van der Waals surface area contributed by atoms with Gasteiger partial charge in [-0.15, -0.1) is 0 Å². The molecule has 0 aliphatic carbocycles. The van der Waals surface area contributed by atoms with E-state index < -0.39 is 34.3 Å². The maximum absolute atomic E-state index is 13.8. The molecule has 2 aromatic carbocycles. The number of amides is 1. The Balaban J connectivity index is 1.81. The van der Waals surface area contributed by atoms with Crippen molar-refractivity contribution in [1.29, 1.82) is 0 Å². The molecule has 0 saturated heterocycles. The second-order valence-electron chi connectivity index (χ2n) is 7.03. The molecule has 158 valence electrons. The van der Waals surface area contributed by atoms with Gasteiger partial charge in [0, 0.05) is 26.5 Å². The molecule has 1 aromatic heterocycles. The summed E-state index contributed by atoms with van der Waals surface area (Å²) in [5.41, 5.74) is 1.43.